The number of nitrogens with zero attached hydrogens (tertiary/aromatic N) is 3. The highest BCUT2D eigenvalue weighted by molar-refractivity contribution is 5.98. The second-order valence-corrected chi connectivity index (χ2v) is 9.48. The second kappa shape index (κ2) is 12.6. The fourth-order valence-corrected chi connectivity index (χ4v) is 4.21. The van der Waals surface area contributed by atoms with E-state index < -0.39 is 6.36 Å². The molecule has 1 heterocycles. The number of rotatable bonds is 11. The predicted octanol–water partition coefficient (Wildman–Crippen LogP) is 7.14. The molecule has 0 radical (unpaired) electrons. The van der Waals surface area contributed by atoms with Gasteiger partial charge in [-0.2, -0.15) is 4.98 Å². The number of Topliss-reactive ketones (excluding diaryl/α,β-unsaturated/α-hetero) is 2. The lowest BCUT2D eigenvalue weighted by molar-refractivity contribution is -0.274. The number of hydrogen-bond acceptors (Lipinski definition) is 7. The minimum atomic E-state index is -4.76. The van der Waals surface area contributed by atoms with E-state index in [0.717, 1.165) is 16.8 Å². The quantitative estimate of drug-likeness (QED) is 0.195. The number of ether oxygens (including phenoxy) is 1. The van der Waals surface area contributed by atoms with Crippen molar-refractivity contribution in [3.05, 3.63) is 101 Å². The zero-order valence-electron chi connectivity index (χ0n) is 22.8. The molecule has 212 valence electrons. The zero-order chi connectivity index (χ0) is 29.6. The van der Waals surface area contributed by atoms with E-state index in [1.807, 2.05) is 62.2 Å². The van der Waals surface area contributed by atoms with Crippen LogP contribution in [-0.2, 0) is 17.6 Å². The van der Waals surface area contributed by atoms with E-state index in [0.29, 0.717) is 35.0 Å². The molecule has 0 bridgehead atoms. The Morgan fingerprint density at radius 3 is 2.17 bits per heavy atom. The number of halogens is 3. The van der Waals surface area contributed by atoms with Crippen LogP contribution in [0.5, 0.6) is 5.75 Å². The molecule has 3 aromatic carbocycles. The minimum absolute atomic E-state index is 0.0676. The number of carbonyl (C=O) groups excluding carboxylic acids is 2. The van der Waals surface area contributed by atoms with Gasteiger partial charge in [0.25, 0.3) is 0 Å². The Kier molecular flexibility index (Phi) is 9.01. The zero-order valence-corrected chi connectivity index (χ0v) is 22.8. The first kappa shape index (κ1) is 29.3. The Morgan fingerprint density at radius 2 is 1.56 bits per heavy atom. The fourth-order valence-electron chi connectivity index (χ4n) is 4.21. The third kappa shape index (κ3) is 8.14. The molecule has 7 nitrogen and oxygen atoms in total. The second-order valence-electron chi connectivity index (χ2n) is 9.48. The van der Waals surface area contributed by atoms with Crippen LogP contribution >= 0.6 is 0 Å². The number of hydrogen-bond donors (Lipinski definition) is 1. The van der Waals surface area contributed by atoms with Gasteiger partial charge in [0.15, 0.2) is 5.78 Å². The highest BCUT2D eigenvalue weighted by atomic mass is 19.4. The molecule has 4 rings (SSSR count). The summed E-state index contributed by atoms with van der Waals surface area (Å²) < 4.78 is 40.8. The predicted molar refractivity (Wildman–Crippen MR) is 151 cm³/mol. The third-order valence-electron chi connectivity index (χ3n) is 6.38. The summed E-state index contributed by atoms with van der Waals surface area (Å²) >= 11 is 0. The number of benzene rings is 3. The van der Waals surface area contributed by atoms with Crippen LogP contribution in [0.15, 0.2) is 79.0 Å². The Labute approximate surface area is 236 Å². The van der Waals surface area contributed by atoms with Gasteiger partial charge in [-0.3, -0.25) is 9.59 Å². The van der Waals surface area contributed by atoms with Crippen LogP contribution < -0.4 is 15.0 Å². The number of carbonyl (C=O) groups is 2. The van der Waals surface area contributed by atoms with Crippen molar-refractivity contribution < 1.29 is 27.5 Å². The SMILES string of the molecule is CCC(=O)c1cc(Nc2nccc(N(C)c3ccc(CC(=O)Cc4ccc(OC(F)(F)F)cc4)cc3)n2)ccc1C. The molecule has 0 amide bonds. The molecule has 10 heteroatoms. The molecule has 0 atom stereocenters. The molecule has 0 aliphatic carbocycles. The molecule has 41 heavy (non-hydrogen) atoms. The number of aryl methyl sites for hydroxylation is 1. The molecule has 1 aromatic heterocycles. The monoisotopic (exact) mass is 562 g/mol. The van der Waals surface area contributed by atoms with Gasteiger partial charge in [0.2, 0.25) is 5.95 Å². The van der Waals surface area contributed by atoms with E-state index in [-0.39, 0.29) is 30.2 Å². The average molecular weight is 563 g/mol. The lowest BCUT2D eigenvalue weighted by Crippen LogP contribution is -2.17. The average Bonchev–Trinajstić information content (AvgIpc) is 2.94. The lowest BCUT2D eigenvalue weighted by Gasteiger charge is -2.19. The summed E-state index contributed by atoms with van der Waals surface area (Å²) in [6, 6.07) is 20.1. The standard InChI is InChI=1S/C31H29F3N4O3/c1-4-28(40)27-19-23(10-5-20(27)2)36-30-35-16-15-29(37-30)38(3)24-11-6-21(7-12-24)17-25(39)18-22-8-13-26(14-9-22)41-31(32,33)34/h5-16,19H,4,17-18H2,1-3H3,(H,35,36,37). The topological polar surface area (TPSA) is 84.4 Å². The molecular formula is C31H29F3N4O3. The van der Waals surface area contributed by atoms with E-state index in [1.165, 1.54) is 24.3 Å². The molecule has 1 N–H and O–H groups in total. The molecule has 0 aliphatic rings. The van der Waals surface area contributed by atoms with Gasteiger partial charge in [0.1, 0.15) is 17.4 Å². The van der Waals surface area contributed by atoms with Crippen molar-refractivity contribution in [2.24, 2.45) is 0 Å². The first-order valence-electron chi connectivity index (χ1n) is 12.9. The van der Waals surface area contributed by atoms with Crippen LogP contribution in [0.4, 0.5) is 36.3 Å². The molecule has 4 aromatic rings. The number of anilines is 4. The van der Waals surface area contributed by atoms with E-state index in [9.17, 15) is 22.8 Å². The molecular weight excluding hydrogens is 533 g/mol. The number of ketones is 2. The van der Waals surface area contributed by atoms with Gasteiger partial charge in [-0.1, -0.05) is 37.3 Å². The van der Waals surface area contributed by atoms with Gasteiger partial charge >= 0.3 is 6.36 Å². The highest BCUT2D eigenvalue weighted by Crippen LogP contribution is 2.26. The van der Waals surface area contributed by atoms with Crippen LogP contribution in [0.1, 0.15) is 40.4 Å². The highest BCUT2D eigenvalue weighted by Gasteiger charge is 2.31. The van der Waals surface area contributed by atoms with Crippen LogP contribution in [0.25, 0.3) is 0 Å². The van der Waals surface area contributed by atoms with Gasteiger partial charge in [-0.05, 0) is 66.1 Å². The third-order valence-corrected chi connectivity index (χ3v) is 6.38. The molecule has 0 unspecified atom stereocenters. The van der Waals surface area contributed by atoms with Crippen LogP contribution in [0.3, 0.4) is 0 Å². The normalized spacial score (nSPS) is 11.2. The summed E-state index contributed by atoms with van der Waals surface area (Å²) in [6.45, 7) is 3.73. The maximum Gasteiger partial charge on any atom is 0.573 e. The summed E-state index contributed by atoms with van der Waals surface area (Å²) in [5, 5.41) is 3.17. The van der Waals surface area contributed by atoms with Crippen molar-refractivity contribution in [1.82, 2.24) is 9.97 Å². The van der Waals surface area contributed by atoms with E-state index in [2.05, 4.69) is 20.0 Å². The number of alkyl halides is 3. The minimum Gasteiger partial charge on any atom is -0.406 e. The Bertz CT molecular complexity index is 1520. The molecule has 0 saturated carbocycles. The molecule has 0 saturated heterocycles. The Balaban J connectivity index is 1.37. The number of nitrogens with one attached hydrogen (secondary N) is 1. The van der Waals surface area contributed by atoms with Crippen LogP contribution in [-0.4, -0.2) is 34.9 Å². The van der Waals surface area contributed by atoms with Gasteiger partial charge in [-0.15, -0.1) is 13.2 Å². The first-order chi connectivity index (χ1) is 19.5. The molecule has 0 spiro atoms. The fraction of sp³-hybridized carbons (Fsp3) is 0.226. The summed E-state index contributed by atoms with van der Waals surface area (Å²) in [5.41, 5.74) is 4.55. The summed E-state index contributed by atoms with van der Waals surface area (Å²) in [4.78, 5) is 35.6. The molecule has 0 fully saturated rings. The smallest absolute Gasteiger partial charge is 0.406 e. The molecule has 0 aliphatic heterocycles. The van der Waals surface area contributed by atoms with Crippen molar-refractivity contribution in [3.63, 3.8) is 0 Å². The van der Waals surface area contributed by atoms with E-state index >= 15 is 0 Å². The summed E-state index contributed by atoms with van der Waals surface area (Å²) in [6.07, 6.45) is -2.41. The van der Waals surface area contributed by atoms with Crippen molar-refractivity contribution in [1.29, 1.82) is 0 Å². The largest absolute Gasteiger partial charge is 0.573 e. The van der Waals surface area contributed by atoms with Gasteiger partial charge in [0, 0.05) is 49.4 Å². The lowest BCUT2D eigenvalue weighted by atomic mass is 10.0. The van der Waals surface area contributed by atoms with Crippen LogP contribution in [0.2, 0.25) is 0 Å². The summed E-state index contributed by atoms with van der Waals surface area (Å²) in [7, 11) is 1.86. The van der Waals surface area contributed by atoms with Gasteiger partial charge in [-0.25, -0.2) is 4.98 Å². The van der Waals surface area contributed by atoms with Crippen LogP contribution in [0, 0.1) is 6.92 Å². The number of aromatic nitrogens is 2. The van der Waals surface area contributed by atoms with Crippen molar-refractivity contribution >= 4 is 34.7 Å². The summed E-state index contributed by atoms with van der Waals surface area (Å²) in [5.74, 6) is 0.698. The van der Waals surface area contributed by atoms with Crippen molar-refractivity contribution in [2.45, 2.75) is 39.5 Å². The first-order valence-corrected chi connectivity index (χ1v) is 12.9. The van der Waals surface area contributed by atoms with Crippen molar-refractivity contribution in [2.75, 3.05) is 17.3 Å². The maximum absolute atomic E-state index is 12.6. The van der Waals surface area contributed by atoms with Gasteiger partial charge < -0.3 is 15.0 Å². The van der Waals surface area contributed by atoms with E-state index in [1.54, 1.807) is 18.3 Å². The maximum atomic E-state index is 12.6. The Morgan fingerprint density at radius 1 is 0.927 bits per heavy atom. The van der Waals surface area contributed by atoms with Crippen molar-refractivity contribution in [3.8, 4) is 5.75 Å². The van der Waals surface area contributed by atoms with Gasteiger partial charge in [0.05, 0.1) is 0 Å². The van der Waals surface area contributed by atoms with E-state index in [4.69, 9.17) is 0 Å². The Hall–Kier alpha value is -4.73.